The number of nitrogens with one attached hydrogen (secondary N) is 1. The van der Waals surface area contributed by atoms with Gasteiger partial charge in [-0.15, -0.1) is 21.5 Å². The Morgan fingerprint density at radius 2 is 1.97 bits per heavy atom. The Labute approximate surface area is 172 Å². The Morgan fingerprint density at radius 3 is 2.69 bits per heavy atom. The summed E-state index contributed by atoms with van der Waals surface area (Å²) < 4.78 is 6.98. The van der Waals surface area contributed by atoms with E-state index in [4.69, 9.17) is 9.40 Å². The van der Waals surface area contributed by atoms with Gasteiger partial charge in [-0.25, -0.2) is 4.98 Å². The zero-order chi connectivity index (χ0) is 19.8. The molecule has 0 saturated heterocycles. The summed E-state index contributed by atoms with van der Waals surface area (Å²) >= 11 is 1.53. The quantitative estimate of drug-likeness (QED) is 0.515. The van der Waals surface area contributed by atoms with Gasteiger partial charge in [0.15, 0.2) is 6.04 Å². The van der Waals surface area contributed by atoms with Crippen molar-refractivity contribution in [3.05, 3.63) is 65.3 Å². The molecule has 6 nitrogen and oxygen atoms in total. The van der Waals surface area contributed by atoms with E-state index < -0.39 is 6.04 Å². The molecule has 4 aromatic rings. The number of carbonyl (C=O) groups excluding carboxylic acids is 1. The molecule has 1 atom stereocenters. The maximum absolute atomic E-state index is 11.8. The van der Waals surface area contributed by atoms with Crippen molar-refractivity contribution in [1.82, 2.24) is 20.5 Å². The summed E-state index contributed by atoms with van der Waals surface area (Å²) in [6.45, 7) is 1.48. The number of benzene rings is 2. The van der Waals surface area contributed by atoms with Crippen LogP contribution in [-0.2, 0) is 4.79 Å². The van der Waals surface area contributed by atoms with Crippen molar-refractivity contribution in [2.45, 2.75) is 38.1 Å². The third-order valence-corrected chi connectivity index (χ3v) is 6.35. The second kappa shape index (κ2) is 7.40. The predicted molar refractivity (Wildman–Crippen MR) is 112 cm³/mol. The number of thiazole rings is 1. The van der Waals surface area contributed by atoms with Crippen LogP contribution in [0, 0.1) is 0 Å². The molecule has 2 heterocycles. The third kappa shape index (κ3) is 3.53. The molecule has 1 amide bonds. The monoisotopic (exact) mass is 404 g/mol. The Morgan fingerprint density at radius 1 is 1.14 bits per heavy atom. The zero-order valence-electron chi connectivity index (χ0n) is 16.0. The molecule has 5 rings (SSSR count). The Hall–Kier alpha value is -3.06. The molecule has 1 aliphatic carbocycles. The van der Waals surface area contributed by atoms with Crippen molar-refractivity contribution in [3.8, 4) is 11.1 Å². The lowest BCUT2D eigenvalue weighted by Gasteiger charge is -2.20. The molecule has 0 radical (unpaired) electrons. The average Bonchev–Trinajstić information content (AvgIpc) is 3.32. The summed E-state index contributed by atoms with van der Waals surface area (Å²) in [5.74, 6) is 1.24. The highest BCUT2D eigenvalue weighted by atomic mass is 32.1. The molecular formula is C22H20N4O2S. The van der Waals surface area contributed by atoms with E-state index in [1.54, 1.807) is 0 Å². The van der Waals surface area contributed by atoms with E-state index in [0.717, 1.165) is 39.2 Å². The summed E-state index contributed by atoms with van der Waals surface area (Å²) in [4.78, 5) is 16.6. The highest BCUT2D eigenvalue weighted by Gasteiger charge is 2.29. The Balaban J connectivity index is 1.51. The lowest BCUT2D eigenvalue weighted by atomic mass is 9.85. The molecule has 1 unspecified atom stereocenters. The van der Waals surface area contributed by atoms with Crippen LogP contribution in [0.25, 0.3) is 21.3 Å². The van der Waals surface area contributed by atoms with E-state index >= 15 is 0 Å². The summed E-state index contributed by atoms with van der Waals surface area (Å²) in [6, 6.07) is 15.9. The smallest absolute Gasteiger partial charge is 0.245 e. The van der Waals surface area contributed by atoms with Crippen LogP contribution in [0.15, 0.2) is 52.9 Å². The molecule has 0 spiro atoms. The maximum atomic E-state index is 11.8. The largest absolute Gasteiger partial charge is 0.422 e. The van der Waals surface area contributed by atoms with Crippen LogP contribution in [0.5, 0.6) is 0 Å². The Kier molecular flexibility index (Phi) is 4.60. The van der Waals surface area contributed by atoms with Crippen molar-refractivity contribution in [2.75, 3.05) is 0 Å². The molecule has 1 saturated carbocycles. The molecule has 7 heteroatoms. The van der Waals surface area contributed by atoms with Crippen molar-refractivity contribution in [3.63, 3.8) is 0 Å². The molecule has 29 heavy (non-hydrogen) atoms. The van der Waals surface area contributed by atoms with Crippen LogP contribution in [0.4, 0.5) is 0 Å². The molecule has 0 aliphatic heterocycles. The van der Waals surface area contributed by atoms with Crippen LogP contribution in [0.2, 0.25) is 0 Å². The van der Waals surface area contributed by atoms with Gasteiger partial charge in [0.1, 0.15) is 5.01 Å². The van der Waals surface area contributed by atoms with Gasteiger partial charge in [-0.1, -0.05) is 42.8 Å². The number of rotatable bonds is 5. The van der Waals surface area contributed by atoms with Crippen molar-refractivity contribution < 1.29 is 9.21 Å². The van der Waals surface area contributed by atoms with Gasteiger partial charge in [-0.05, 0) is 36.1 Å². The van der Waals surface area contributed by atoms with E-state index in [1.807, 2.05) is 24.3 Å². The average molecular weight is 404 g/mol. The van der Waals surface area contributed by atoms with E-state index in [9.17, 15) is 4.79 Å². The third-order valence-electron chi connectivity index (χ3n) is 5.26. The number of nitrogens with zero attached hydrogens (tertiary/aromatic N) is 3. The molecule has 1 fully saturated rings. The topological polar surface area (TPSA) is 80.9 Å². The number of carbonyl (C=O) groups is 1. The minimum Gasteiger partial charge on any atom is -0.422 e. The number of amides is 1. The highest BCUT2D eigenvalue weighted by Crippen LogP contribution is 2.37. The van der Waals surface area contributed by atoms with Gasteiger partial charge in [0, 0.05) is 12.8 Å². The first-order chi connectivity index (χ1) is 14.2. The van der Waals surface area contributed by atoms with Gasteiger partial charge in [0.25, 0.3) is 0 Å². The van der Waals surface area contributed by atoms with Crippen molar-refractivity contribution in [1.29, 1.82) is 0 Å². The van der Waals surface area contributed by atoms with Crippen molar-refractivity contribution in [2.24, 2.45) is 0 Å². The molecule has 2 aromatic carbocycles. The van der Waals surface area contributed by atoms with Crippen LogP contribution < -0.4 is 5.32 Å². The molecule has 1 N–H and O–H groups in total. The van der Waals surface area contributed by atoms with Crippen LogP contribution in [0.1, 0.15) is 54.9 Å². The fraction of sp³-hybridized carbons (Fsp3) is 0.273. The van der Waals surface area contributed by atoms with E-state index in [2.05, 4.69) is 39.8 Å². The minimum absolute atomic E-state index is 0.164. The molecular weight excluding hydrogens is 384 g/mol. The summed E-state index contributed by atoms with van der Waals surface area (Å²) in [7, 11) is 0. The standard InChI is InChI=1S/C22H20N4O2S/c1-13(27)23-19(21-26-25-20(28-21)15-8-5-9-15)22-24-17-11-10-16(12-18(17)29-22)14-6-3-2-4-7-14/h2-4,6-7,10-12,15,19H,5,8-9H2,1H3,(H,23,27). The second-order valence-electron chi connectivity index (χ2n) is 7.34. The Bertz CT molecular complexity index is 1160. The molecule has 2 aromatic heterocycles. The van der Waals surface area contributed by atoms with Crippen LogP contribution in [-0.4, -0.2) is 21.1 Å². The first-order valence-electron chi connectivity index (χ1n) is 9.73. The predicted octanol–water partition coefficient (Wildman–Crippen LogP) is 4.84. The number of fused-ring (bicyclic) bond motifs is 1. The van der Waals surface area contributed by atoms with Crippen LogP contribution >= 0.6 is 11.3 Å². The molecule has 1 aliphatic rings. The normalized spacial score (nSPS) is 15.2. The zero-order valence-corrected chi connectivity index (χ0v) is 16.8. The highest BCUT2D eigenvalue weighted by molar-refractivity contribution is 7.18. The number of hydrogen-bond donors (Lipinski definition) is 1. The van der Waals surface area contributed by atoms with Gasteiger partial charge >= 0.3 is 0 Å². The van der Waals surface area contributed by atoms with Gasteiger partial charge in [-0.2, -0.15) is 0 Å². The lowest BCUT2D eigenvalue weighted by molar-refractivity contribution is -0.119. The maximum Gasteiger partial charge on any atom is 0.245 e. The number of hydrogen-bond acceptors (Lipinski definition) is 6. The fourth-order valence-electron chi connectivity index (χ4n) is 3.49. The van der Waals surface area contributed by atoms with Crippen LogP contribution in [0.3, 0.4) is 0 Å². The molecule has 146 valence electrons. The number of aromatic nitrogens is 3. The summed E-state index contributed by atoms with van der Waals surface area (Å²) in [5, 5.41) is 12.1. The fourth-order valence-corrected chi connectivity index (χ4v) is 4.54. The van der Waals surface area contributed by atoms with E-state index in [-0.39, 0.29) is 5.91 Å². The second-order valence-corrected chi connectivity index (χ2v) is 8.40. The first-order valence-corrected chi connectivity index (χ1v) is 10.6. The van der Waals surface area contributed by atoms with E-state index in [0.29, 0.717) is 17.7 Å². The minimum atomic E-state index is -0.536. The van der Waals surface area contributed by atoms with Gasteiger partial charge < -0.3 is 9.73 Å². The van der Waals surface area contributed by atoms with E-state index in [1.165, 1.54) is 24.7 Å². The SMILES string of the molecule is CC(=O)NC(c1nnc(C2CCC2)o1)c1nc2ccc(-c3ccccc3)cc2s1. The summed E-state index contributed by atoms with van der Waals surface area (Å²) in [6.07, 6.45) is 3.35. The summed E-state index contributed by atoms with van der Waals surface area (Å²) in [5.41, 5.74) is 3.18. The first kappa shape index (κ1) is 18.0. The molecule has 0 bridgehead atoms. The van der Waals surface area contributed by atoms with Crippen molar-refractivity contribution >= 4 is 27.5 Å². The lowest BCUT2D eigenvalue weighted by Crippen LogP contribution is -2.27. The van der Waals surface area contributed by atoms with Gasteiger partial charge in [0.2, 0.25) is 17.7 Å². The van der Waals surface area contributed by atoms with Gasteiger partial charge in [-0.3, -0.25) is 4.79 Å². The van der Waals surface area contributed by atoms with Gasteiger partial charge in [0.05, 0.1) is 10.2 Å².